The van der Waals surface area contributed by atoms with Gasteiger partial charge in [0.15, 0.2) is 6.61 Å². The molecule has 1 atom stereocenters. The summed E-state index contributed by atoms with van der Waals surface area (Å²) in [7, 11) is -4.93. The zero-order chi connectivity index (χ0) is 17.7. The zero-order valence-electron chi connectivity index (χ0n) is 13.5. The van der Waals surface area contributed by atoms with Crippen molar-refractivity contribution in [2.75, 3.05) is 6.61 Å². The Morgan fingerprint density at radius 1 is 1.17 bits per heavy atom. The van der Waals surface area contributed by atoms with Gasteiger partial charge in [-0.1, -0.05) is 32.0 Å². The quantitative estimate of drug-likeness (QED) is 0.511. The number of ether oxygens (including phenoxy) is 1. The summed E-state index contributed by atoms with van der Waals surface area (Å²) in [6.07, 6.45) is -0.439. The predicted molar refractivity (Wildman–Crippen MR) is 81.6 cm³/mol. The van der Waals surface area contributed by atoms with E-state index in [4.69, 9.17) is 13.8 Å². The molecule has 1 aromatic rings. The fraction of sp³-hybridized carbons (Fsp3) is 0.533. The van der Waals surface area contributed by atoms with Gasteiger partial charge in [0.05, 0.1) is 6.10 Å². The maximum Gasteiger partial charge on any atom is 0.449 e. The number of halogens is 2. The van der Waals surface area contributed by atoms with Gasteiger partial charge in [-0.05, 0) is 26.0 Å². The number of para-hydroxylation sites is 1. The molecule has 0 fully saturated rings. The Labute approximate surface area is 134 Å². The number of benzene rings is 1. The number of rotatable bonds is 8. The Bertz CT molecular complexity index is 560. The third-order valence-corrected chi connectivity index (χ3v) is 4.91. The average molecular weight is 350 g/mol. The molecule has 0 amide bonds. The molecule has 0 saturated heterocycles. The SMILES string of the molecule is CC(C)OC(=O)COP(=O)(Oc1ccccc1)C(F)(F)C(C)C. The second kappa shape index (κ2) is 7.88. The number of carbonyl (C=O) groups excluding carboxylic acids is 1. The van der Waals surface area contributed by atoms with Crippen molar-refractivity contribution in [3.05, 3.63) is 30.3 Å². The lowest BCUT2D eigenvalue weighted by Gasteiger charge is -2.29. The minimum Gasteiger partial charge on any atom is -0.461 e. The Hall–Kier alpha value is -1.46. The van der Waals surface area contributed by atoms with E-state index in [0.717, 1.165) is 0 Å². The van der Waals surface area contributed by atoms with E-state index in [2.05, 4.69) is 0 Å². The summed E-state index contributed by atoms with van der Waals surface area (Å²) >= 11 is 0. The molecule has 23 heavy (non-hydrogen) atoms. The molecular formula is C15H21F2O5P. The highest BCUT2D eigenvalue weighted by Crippen LogP contribution is 2.64. The summed E-state index contributed by atoms with van der Waals surface area (Å²) in [6, 6.07) is 7.48. The van der Waals surface area contributed by atoms with Gasteiger partial charge in [0.2, 0.25) is 0 Å². The van der Waals surface area contributed by atoms with Crippen molar-refractivity contribution in [1.29, 1.82) is 0 Å². The van der Waals surface area contributed by atoms with Gasteiger partial charge < -0.3 is 9.26 Å². The van der Waals surface area contributed by atoms with E-state index >= 15 is 0 Å². The first kappa shape index (κ1) is 19.6. The molecule has 1 unspecified atom stereocenters. The van der Waals surface area contributed by atoms with E-state index in [9.17, 15) is 18.1 Å². The van der Waals surface area contributed by atoms with Gasteiger partial charge in [-0.15, -0.1) is 0 Å². The van der Waals surface area contributed by atoms with Crippen molar-refractivity contribution in [3.63, 3.8) is 0 Å². The molecule has 0 aromatic heterocycles. The van der Waals surface area contributed by atoms with Gasteiger partial charge in [0.1, 0.15) is 5.75 Å². The fourth-order valence-electron chi connectivity index (χ4n) is 1.54. The number of alkyl halides is 2. The van der Waals surface area contributed by atoms with Crippen molar-refractivity contribution >= 4 is 13.6 Å². The van der Waals surface area contributed by atoms with Crippen LogP contribution in [0.25, 0.3) is 0 Å². The van der Waals surface area contributed by atoms with Gasteiger partial charge in [-0.2, -0.15) is 8.78 Å². The van der Waals surface area contributed by atoms with Gasteiger partial charge >= 0.3 is 19.2 Å². The van der Waals surface area contributed by atoms with Crippen LogP contribution in [0.5, 0.6) is 5.75 Å². The molecular weight excluding hydrogens is 329 g/mol. The van der Waals surface area contributed by atoms with Crippen molar-refractivity contribution in [2.24, 2.45) is 5.92 Å². The summed E-state index contributed by atoms with van der Waals surface area (Å²) in [6.45, 7) is 4.69. The van der Waals surface area contributed by atoms with E-state index in [-0.39, 0.29) is 5.75 Å². The molecule has 0 radical (unpaired) electrons. The molecule has 0 saturated carbocycles. The van der Waals surface area contributed by atoms with E-state index in [1.807, 2.05) is 0 Å². The Morgan fingerprint density at radius 2 is 1.74 bits per heavy atom. The molecule has 0 bridgehead atoms. The smallest absolute Gasteiger partial charge is 0.449 e. The van der Waals surface area contributed by atoms with Gasteiger partial charge in [0.25, 0.3) is 0 Å². The van der Waals surface area contributed by atoms with Crippen molar-refractivity contribution in [3.8, 4) is 5.75 Å². The molecule has 1 aromatic carbocycles. The summed E-state index contributed by atoms with van der Waals surface area (Å²) < 4.78 is 55.8. The number of esters is 1. The Kier molecular flexibility index (Phi) is 6.71. The molecule has 0 N–H and O–H groups in total. The molecule has 130 valence electrons. The first-order valence-electron chi connectivity index (χ1n) is 7.15. The third kappa shape index (κ3) is 5.29. The maximum absolute atomic E-state index is 14.3. The molecule has 5 nitrogen and oxygen atoms in total. The molecule has 8 heteroatoms. The summed E-state index contributed by atoms with van der Waals surface area (Å²) in [5, 5.41) is 0. The second-order valence-corrected chi connectivity index (χ2v) is 7.49. The van der Waals surface area contributed by atoms with Gasteiger partial charge in [0, 0.05) is 5.92 Å². The van der Waals surface area contributed by atoms with Crippen LogP contribution in [0.3, 0.4) is 0 Å². The maximum atomic E-state index is 14.3. The van der Waals surface area contributed by atoms with E-state index in [1.165, 1.54) is 26.0 Å². The van der Waals surface area contributed by atoms with Crippen LogP contribution in [-0.4, -0.2) is 24.3 Å². The topological polar surface area (TPSA) is 61.8 Å². The number of hydrogen-bond donors (Lipinski definition) is 0. The predicted octanol–water partition coefficient (Wildman–Crippen LogP) is 4.48. The number of hydrogen-bond acceptors (Lipinski definition) is 5. The second-order valence-electron chi connectivity index (χ2n) is 5.46. The molecule has 0 aliphatic carbocycles. The fourth-order valence-corrected chi connectivity index (χ4v) is 3.20. The average Bonchev–Trinajstić information content (AvgIpc) is 2.45. The Morgan fingerprint density at radius 3 is 2.22 bits per heavy atom. The zero-order valence-corrected chi connectivity index (χ0v) is 14.4. The lowest BCUT2D eigenvalue weighted by Crippen LogP contribution is -2.29. The lowest BCUT2D eigenvalue weighted by molar-refractivity contribution is -0.150. The van der Waals surface area contributed by atoms with Gasteiger partial charge in [-0.3, -0.25) is 4.52 Å². The van der Waals surface area contributed by atoms with Gasteiger partial charge in [-0.25, -0.2) is 9.36 Å². The van der Waals surface area contributed by atoms with Crippen LogP contribution in [0, 0.1) is 5.92 Å². The molecule has 1 rings (SSSR count). The lowest BCUT2D eigenvalue weighted by atomic mass is 10.2. The molecule has 0 aliphatic heterocycles. The van der Waals surface area contributed by atoms with E-state index < -0.39 is 37.9 Å². The number of carbonyl (C=O) groups is 1. The largest absolute Gasteiger partial charge is 0.461 e. The van der Waals surface area contributed by atoms with Crippen LogP contribution in [0.15, 0.2) is 30.3 Å². The van der Waals surface area contributed by atoms with Crippen LogP contribution in [-0.2, 0) is 18.6 Å². The minimum atomic E-state index is -4.93. The van der Waals surface area contributed by atoms with Crippen molar-refractivity contribution in [1.82, 2.24) is 0 Å². The van der Waals surface area contributed by atoms with Crippen LogP contribution in [0.4, 0.5) is 8.78 Å². The molecule has 0 spiro atoms. The highest BCUT2D eigenvalue weighted by Gasteiger charge is 2.57. The first-order chi connectivity index (χ1) is 10.6. The molecule has 0 aliphatic rings. The molecule has 0 heterocycles. The summed E-state index contributed by atoms with van der Waals surface area (Å²) in [5.74, 6) is -2.23. The normalized spacial score (nSPS) is 14.6. The van der Waals surface area contributed by atoms with Crippen molar-refractivity contribution < 1.29 is 31.9 Å². The highest BCUT2D eigenvalue weighted by molar-refractivity contribution is 7.55. The van der Waals surface area contributed by atoms with E-state index in [0.29, 0.717) is 0 Å². The summed E-state index contributed by atoms with van der Waals surface area (Å²) in [5.41, 5.74) is -3.76. The highest BCUT2D eigenvalue weighted by atomic mass is 31.2. The van der Waals surface area contributed by atoms with Crippen LogP contribution < -0.4 is 4.52 Å². The standard InChI is InChI=1S/C15H21F2O5P/c1-11(2)15(16,17)23(19,20-10-14(18)21-12(3)4)22-13-8-6-5-7-9-13/h5-9,11-12H,10H2,1-4H3. The van der Waals surface area contributed by atoms with E-state index in [1.54, 1.807) is 32.0 Å². The van der Waals surface area contributed by atoms with Crippen molar-refractivity contribution in [2.45, 2.75) is 39.5 Å². The summed E-state index contributed by atoms with van der Waals surface area (Å²) in [4.78, 5) is 11.5. The van der Waals surface area contributed by atoms with Crippen LogP contribution in [0.2, 0.25) is 0 Å². The van der Waals surface area contributed by atoms with Crippen LogP contribution in [0.1, 0.15) is 27.7 Å². The minimum absolute atomic E-state index is 0.0339. The first-order valence-corrected chi connectivity index (χ1v) is 8.69. The third-order valence-electron chi connectivity index (χ3n) is 2.75. The Balaban J connectivity index is 2.98. The van der Waals surface area contributed by atoms with Crippen LogP contribution >= 0.6 is 7.60 Å². The monoisotopic (exact) mass is 350 g/mol.